The maximum Gasteiger partial charge on any atom is 0.236 e. The van der Waals surface area contributed by atoms with Gasteiger partial charge in [0, 0.05) is 24.9 Å². The molecule has 0 aliphatic carbocycles. The Morgan fingerprint density at radius 2 is 2.00 bits per heavy atom. The van der Waals surface area contributed by atoms with E-state index in [1.54, 1.807) is 38.5 Å². The van der Waals surface area contributed by atoms with Crippen LogP contribution in [-0.2, 0) is 9.53 Å². The first-order valence-corrected chi connectivity index (χ1v) is 11.3. The van der Waals surface area contributed by atoms with Gasteiger partial charge in [0.1, 0.15) is 11.7 Å². The third-order valence-electron chi connectivity index (χ3n) is 6.08. The van der Waals surface area contributed by atoms with Gasteiger partial charge in [-0.2, -0.15) is 0 Å². The highest BCUT2D eigenvalue weighted by molar-refractivity contribution is 7.80. The standard InChI is InChI=1S/C24H29N3O5S/c1-5-31-18-8-6-7-17-20-19(22(28)25-15-9-11-16(30-4)12-10-15)24(2,32-21(17)18)27(13-14-29-3)23(33)26-20/h6-12,19-20H,5,13-14H2,1-4H3,(H,25,28)(H,26,33). The Bertz CT molecular complexity index is 1030. The summed E-state index contributed by atoms with van der Waals surface area (Å²) in [4.78, 5) is 15.6. The first-order valence-electron chi connectivity index (χ1n) is 10.9. The monoisotopic (exact) mass is 471 g/mol. The SMILES string of the molecule is CCOc1cccc2c1OC1(C)C(C(=O)Nc3ccc(OC)cc3)C2NC(=S)N1CCOC. The van der Waals surface area contributed by atoms with Crippen LogP contribution in [0.4, 0.5) is 5.69 Å². The molecule has 4 rings (SSSR count). The van der Waals surface area contributed by atoms with E-state index in [1.807, 2.05) is 36.9 Å². The summed E-state index contributed by atoms with van der Waals surface area (Å²) in [5.41, 5.74) is 0.451. The van der Waals surface area contributed by atoms with Crippen molar-refractivity contribution in [3.05, 3.63) is 48.0 Å². The van der Waals surface area contributed by atoms with Crippen molar-refractivity contribution in [3.8, 4) is 17.2 Å². The number of nitrogens with one attached hydrogen (secondary N) is 2. The van der Waals surface area contributed by atoms with Crippen LogP contribution >= 0.6 is 12.2 Å². The Morgan fingerprint density at radius 1 is 1.24 bits per heavy atom. The van der Waals surface area contributed by atoms with E-state index in [4.69, 9.17) is 31.2 Å². The Kier molecular flexibility index (Phi) is 6.62. The van der Waals surface area contributed by atoms with Crippen molar-refractivity contribution in [1.82, 2.24) is 10.2 Å². The van der Waals surface area contributed by atoms with Crippen molar-refractivity contribution < 1.29 is 23.7 Å². The molecule has 3 atom stereocenters. The van der Waals surface area contributed by atoms with Crippen LogP contribution in [0, 0.1) is 5.92 Å². The third-order valence-corrected chi connectivity index (χ3v) is 6.42. The second-order valence-electron chi connectivity index (χ2n) is 8.03. The second kappa shape index (κ2) is 9.44. The smallest absolute Gasteiger partial charge is 0.236 e. The number of thiocarbonyl (C=S) groups is 1. The topological polar surface area (TPSA) is 81.3 Å². The van der Waals surface area contributed by atoms with E-state index in [-0.39, 0.29) is 11.9 Å². The van der Waals surface area contributed by atoms with Gasteiger partial charge in [-0.15, -0.1) is 0 Å². The molecule has 0 spiro atoms. The van der Waals surface area contributed by atoms with Crippen LogP contribution in [0.3, 0.4) is 0 Å². The summed E-state index contributed by atoms with van der Waals surface area (Å²) in [7, 11) is 3.23. The van der Waals surface area contributed by atoms with E-state index in [0.29, 0.717) is 47.8 Å². The zero-order chi connectivity index (χ0) is 23.6. The van der Waals surface area contributed by atoms with Gasteiger partial charge in [0.25, 0.3) is 0 Å². The molecular weight excluding hydrogens is 442 g/mol. The predicted octanol–water partition coefficient (Wildman–Crippen LogP) is 3.34. The van der Waals surface area contributed by atoms with Crippen molar-refractivity contribution in [2.24, 2.45) is 5.92 Å². The number of carbonyl (C=O) groups is 1. The predicted molar refractivity (Wildman–Crippen MR) is 129 cm³/mol. The van der Waals surface area contributed by atoms with E-state index in [9.17, 15) is 4.79 Å². The maximum absolute atomic E-state index is 13.7. The number of carbonyl (C=O) groups excluding carboxylic acids is 1. The summed E-state index contributed by atoms with van der Waals surface area (Å²) < 4.78 is 22.9. The van der Waals surface area contributed by atoms with Crippen molar-refractivity contribution in [3.63, 3.8) is 0 Å². The number of nitrogens with zero attached hydrogens (tertiary/aromatic N) is 1. The molecule has 2 aromatic rings. The number of ether oxygens (including phenoxy) is 4. The molecule has 1 amide bonds. The van der Waals surface area contributed by atoms with Crippen LogP contribution < -0.4 is 24.8 Å². The normalized spacial score (nSPS) is 23.2. The molecule has 0 saturated carbocycles. The Hall–Kier alpha value is -3.04. The van der Waals surface area contributed by atoms with Crippen molar-refractivity contribution in [1.29, 1.82) is 0 Å². The fraction of sp³-hybridized carbons (Fsp3) is 0.417. The molecule has 176 valence electrons. The first-order chi connectivity index (χ1) is 15.9. The zero-order valence-corrected chi connectivity index (χ0v) is 20.0. The van der Waals surface area contributed by atoms with Crippen molar-refractivity contribution >= 4 is 28.9 Å². The quantitative estimate of drug-likeness (QED) is 0.568. The van der Waals surface area contributed by atoms with Gasteiger partial charge in [0.05, 0.1) is 26.4 Å². The fourth-order valence-electron chi connectivity index (χ4n) is 4.51. The molecule has 1 fully saturated rings. The number of fused-ring (bicyclic) bond motifs is 4. The molecule has 0 aromatic heterocycles. The summed E-state index contributed by atoms with van der Waals surface area (Å²) >= 11 is 5.68. The van der Waals surface area contributed by atoms with Crippen LogP contribution in [0.15, 0.2) is 42.5 Å². The van der Waals surface area contributed by atoms with Gasteiger partial charge in [0.2, 0.25) is 5.91 Å². The van der Waals surface area contributed by atoms with E-state index in [2.05, 4.69) is 10.6 Å². The van der Waals surface area contributed by atoms with Crippen LogP contribution in [0.5, 0.6) is 17.2 Å². The summed E-state index contributed by atoms with van der Waals surface area (Å²) in [5.74, 6) is 1.19. The largest absolute Gasteiger partial charge is 0.497 e. The highest BCUT2D eigenvalue weighted by Gasteiger charge is 2.59. The van der Waals surface area contributed by atoms with Crippen LogP contribution in [-0.4, -0.2) is 55.6 Å². The minimum Gasteiger partial charge on any atom is -0.497 e. The number of benzene rings is 2. The number of para-hydroxylation sites is 1. The van der Waals surface area contributed by atoms with Gasteiger partial charge in [0.15, 0.2) is 22.3 Å². The highest BCUT2D eigenvalue weighted by Crippen LogP contribution is 2.51. The molecule has 3 unspecified atom stereocenters. The first kappa shape index (κ1) is 23.1. The molecule has 9 heteroatoms. The number of hydrogen-bond donors (Lipinski definition) is 2. The summed E-state index contributed by atoms with van der Waals surface area (Å²) in [5, 5.41) is 6.92. The average Bonchev–Trinajstić information content (AvgIpc) is 2.80. The Balaban J connectivity index is 1.75. The second-order valence-corrected chi connectivity index (χ2v) is 8.42. The Labute approximate surface area is 199 Å². The van der Waals surface area contributed by atoms with Crippen LogP contribution in [0.25, 0.3) is 0 Å². The zero-order valence-electron chi connectivity index (χ0n) is 19.2. The molecule has 8 nitrogen and oxygen atoms in total. The van der Waals surface area contributed by atoms with E-state index in [1.165, 1.54) is 0 Å². The summed E-state index contributed by atoms with van der Waals surface area (Å²) in [6, 6.07) is 12.5. The molecular formula is C24H29N3O5S. The van der Waals surface area contributed by atoms with Crippen LogP contribution in [0.2, 0.25) is 0 Å². The van der Waals surface area contributed by atoms with Gasteiger partial charge in [-0.05, 0) is 56.4 Å². The van der Waals surface area contributed by atoms with Gasteiger partial charge in [-0.3, -0.25) is 4.79 Å². The lowest BCUT2D eigenvalue weighted by Gasteiger charge is -2.56. The number of hydrogen-bond acceptors (Lipinski definition) is 6. The number of anilines is 1. The number of amides is 1. The van der Waals surface area contributed by atoms with Gasteiger partial charge in [-0.1, -0.05) is 12.1 Å². The lowest BCUT2D eigenvalue weighted by Crippen LogP contribution is -2.72. The van der Waals surface area contributed by atoms with Crippen molar-refractivity contribution in [2.45, 2.75) is 25.6 Å². The average molecular weight is 472 g/mol. The molecule has 0 radical (unpaired) electrons. The minimum absolute atomic E-state index is 0.183. The Morgan fingerprint density at radius 3 is 2.67 bits per heavy atom. The molecule has 2 heterocycles. The van der Waals surface area contributed by atoms with E-state index < -0.39 is 11.6 Å². The molecule has 2 bridgehead atoms. The lowest BCUT2D eigenvalue weighted by molar-refractivity contribution is -0.150. The molecule has 33 heavy (non-hydrogen) atoms. The molecule has 2 aliphatic heterocycles. The maximum atomic E-state index is 13.7. The van der Waals surface area contributed by atoms with Gasteiger partial charge in [-0.25, -0.2) is 0 Å². The lowest BCUT2D eigenvalue weighted by atomic mass is 9.78. The third kappa shape index (κ3) is 4.18. The fourth-order valence-corrected chi connectivity index (χ4v) is 4.91. The van der Waals surface area contributed by atoms with Gasteiger partial charge < -0.3 is 34.5 Å². The van der Waals surface area contributed by atoms with E-state index >= 15 is 0 Å². The molecule has 1 saturated heterocycles. The minimum atomic E-state index is -1.05. The van der Waals surface area contributed by atoms with Gasteiger partial charge >= 0.3 is 0 Å². The van der Waals surface area contributed by atoms with E-state index in [0.717, 1.165) is 5.56 Å². The van der Waals surface area contributed by atoms with Crippen LogP contribution in [0.1, 0.15) is 25.5 Å². The summed E-state index contributed by atoms with van der Waals surface area (Å²) in [6.45, 7) is 5.21. The molecule has 2 aliphatic rings. The number of rotatable bonds is 8. The highest BCUT2D eigenvalue weighted by atomic mass is 32.1. The summed E-state index contributed by atoms with van der Waals surface area (Å²) in [6.07, 6.45) is 0. The van der Waals surface area contributed by atoms with Crippen molar-refractivity contribution in [2.75, 3.05) is 39.3 Å². The molecule has 2 aromatic carbocycles. The number of methoxy groups -OCH3 is 2. The molecule has 2 N–H and O–H groups in total.